The number of aromatic amines is 1. The molecule has 2 aromatic heterocycles. The highest BCUT2D eigenvalue weighted by Crippen LogP contribution is 2.32. The number of hydrogen-bond acceptors (Lipinski definition) is 3. The van der Waals surface area contributed by atoms with Gasteiger partial charge in [-0.25, -0.2) is 18.2 Å². The van der Waals surface area contributed by atoms with Gasteiger partial charge in [0.15, 0.2) is 0 Å². The van der Waals surface area contributed by atoms with Crippen LogP contribution in [0, 0.1) is 17.5 Å². The molecule has 0 spiro atoms. The Morgan fingerprint density at radius 1 is 0.935 bits per heavy atom. The van der Waals surface area contributed by atoms with Gasteiger partial charge in [-0.15, -0.1) is 0 Å². The third-order valence-electron chi connectivity index (χ3n) is 4.50. The molecule has 2 heterocycles. The largest absolute Gasteiger partial charge is 0.419 e. The lowest BCUT2D eigenvalue weighted by atomic mass is 10.1. The highest BCUT2D eigenvalue weighted by molar-refractivity contribution is 5.78. The fourth-order valence-electron chi connectivity index (χ4n) is 3.10. The van der Waals surface area contributed by atoms with E-state index in [-0.39, 0.29) is 28.7 Å². The molecule has 4 aromatic rings. The van der Waals surface area contributed by atoms with E-state index in [2.05, 4.69) is 15.0 Å². The van der Waals surface area contributed by atoms with Crippen molar-refractivity contribution >= 4 is 10.9 Å². The van der Waals surface area contributed by atoms with Crippen molar-refractivity contribution in [3.05, 3.63) is 93.4 Å². The second-order valence-corrected chi connectivity index (χ2v) is 6.75. The van der Waals surface area contributed by atoms with Gasteiger partial charge in [0.1, 0.15) is 23.3 Å². The molecule has 31 heavy (non-hydrogen) atoms. The van der Waals surface area contributed by atoms with E-state index in [1.54, 1.807) is 6.07 Å². The first-order chi connectivity index (χ1) is 14.6. The van der Waals surface area contributed by atoms with Crippen molar-refractivity contribution in [1.82, 2.24) is 15.0 Å². The van der Waals surface area contributed by atoms with Gasteiger partial charge in [-0.05, 0) is 29.8 Å². The summed E-state index contributed by atoms with van der Waals surface area (Å²) in [5.74, 6) is -2.94. The minimum atomic E-state index is -4.94. The molecule has 2 aromatic carbocycles. The van der Waals surface area contributed by atoms with Crippen LogP contribution in [-0.2, 0) is 12.6 Å². The first kappa shape index (κ1) is 20.6. The predicted octanol–water partition coefficient (Wildman–Crippen LogP) is 5.01. The molecule has 158 valence electrons. The molecule has 0 aliphatic rings. The number of aromatic nitrogens is 3. The van der Waals surface area contributed by atoms with Crippen molar-refractivity contribution < 1.29 is 26.3 Å². The van der Waals surface area contributed by atoms with Crippen molar-refractivity contribution in [2.45, 2.75) is 12.6 Å². The molecule has 0 amide bonds. The number of fused-ring (bicyclic) bond motifs is 1. The summed E-state index contributed by atoms with van der Waals surface area (Å²) < 4.78 is 79.1. The lowest BCUT2D eigenvalue weighted by Gasteiger charge is -2.10. The van der Waals surface area contributed by atoms with Gasteiger partial charge < -0.3 is 4.98 Å². The van der Waals surface area contributed by atoms with Crippen molar-refractivity contribution in [3.63, 3.8) is 0 Å². The molecule has 0 bridgehead atoms. The Labute approximate surface area is 170 Å². The molecule has 0 unspecified atom stereocenters. The van der Waals surface area contributed by atoms with E-state index in [4.69, 9.17) is 0 Å². The molecule has 0 atom stereocenters. The molecule has 0 radical (unpaired) electrons. The second kappa shape index (κ2) is 7.53. The summed E-state index contributed by atoms with van der Waals surface area (Å²) in [5, 5.41) is -0.390. The lowest BCUT2D eigenvalue weighted by molar-refractivity contribution is -0.139. The Morgan fingerprint density at radius 2 is 1.65 bits per heavy atom. The zero-order valence-electron chi connectivity index (χ0n) is 15.4. The first-order valence-corrected chi connectivity index (χ1v) is 8.81. The average Bonchev–Trinajstić information content (AvgIpc) is 2.66. The predicted molar refractivity (Wildman–Crippen MR) is 99.7 cm³/mol. The summed E-state index contributed by atoms with van der Waals surface area (Å²) >= 11 is 0. The van der Waals surface area contributed by atoms with Crippen LogP contribution >= 0.6 is 0 Å². The number of nitrogens with one attached hydrogen (secondary N) is 1. The summed E-state index contributed by atoms with van der Waals surface area (Å²) in [6.45, 7) is 0. The number of hydrogen-bond donors (Lipinski definition) is 1. The number of H-pyrrole nitrogens is 1. The van der Waals surface area contributed by atoms with Gasteiger partial charge in [-0.3, -0.25) is 9.78 Å². The van der Waals surface area contributed by atoms with Crippen molar-refractivity contribution in [2.24, 2.45) is 0 Å². The summed E-state index contributed by atoms with van der Waals surface area (Å²) in [6, 6.07) is 7.07. The minimum absolute atomic E-state index is 0.0403. The summed E-state index contributed by atoms with van der Waals surface area (Å²) in [6.07, 6.45) is -3.50. The van der Waals surface area contributed by atoms with Gasteiger partial charge >= 0.3 is 6.18 Å². The Bertz CT molecular complexity index is 1330. The fourth-order valence-corrected chi connectivity index (χ4v) is 3.10. The minimum Gasteiger partial charge on any atom is -0.310 e. The summed E-state index contributed by atoms with van der Waals surface area (Å²) in [4.78, 5) is 22.7. The topological polar surface area (TPSA) is 58.6 Å². The lowest BCUT2D eigenvalue weighted by Crippen LogP contribution is -2.15. The van der Waals surface area contributed by atoms with E-state index >= 15 is 0 Å². The van der Waals surface area contributed by atoms with Crippen LogP contribution in [0.5, 0.6) is 0 Å². The molecule has 0 aliphatic heterocycles. The zero-order chi connectivity index (χ0) is 22.3. The van der Waals surface area contributed by atoms with E-state index in [0.717, 1.165) is 18.2 Å². The van der Waals surface area contributed by atoms with Crippen LogP contribution in [0.15, 0.2) is 53.5 Å². The average molecular weight is 435 g/mol. The normalized spacial score (nSPS) is 11.8. The van der Waals surface area contributed by atoms with Crippen molar-refractivity contribution in [1.29, 1.82) is 0 Å². The van der Waals surface area contributed by atoms with Crippen molar-refractivity contribution in [2.75, 3.05) is 0 Å². The molecule has 0 fully saturated rings. The van der Waals surface area contributed by atoms with Gasteiger partial charge in [0.25, 0.3) is 5.56 Å². The van der Waals surface area contributed by atoms with Crippen LogP contribution in [0.2, 0.25) is 0 Å². The van der Waals surface area contributed by atoms with Crippen LogP contribution in [0.25, 0.3) is 22.2 Å². The van der Waals surface area contributed by atoms with E-state index in [1.165, 1.54) is 12.3 Å². The first-order valence-electron chi connectivity index (χ1n) is 8.81. The molecule has 10 heteroatoms. The highest BCUT2D eigenvalue weighted by atomic mass is 19.4. The highest BCUT2D eigenvalue weighted by Gasteiger charge is 2.34. The number of pyridine rings is 1. The monoisotopic (exact) mass is 435 g/mol. The van der Waals surface area contributed by atoms with E-state index in [9.17, 15) is 31.1 Å². The maximum absolute atomic E-state index is 13.8. The maximum atomic E-state index is 13.8. The molecule has 0 aliphatic carbocycles. The molecule has 1 N–H and O–H groups in total. The van der Waals surface area contributed by atoms with E-state index in [0.29, 0.717) is 23.4 Å². The van der Waals surface area contributed by atoms with Crippen LogP contribution in [-0.4, -0.2) is 15.0 Å². The quantitative estimate of drug-likeness (QED) is 0.460. The standard InChI is InChI=1S/C21H11F6N3O/c22-12-4-11(5-13(23)6-12)17-2-1-10(9-28-17)3-19-29-18-8-16(24)15(21(25,26)27)7-14(18)20(31)30-19/h1-2,4-9H,3H2,(H,29,30,31). The van der Waals surface area contributed by atoms with Crippen LogP contribution in [0.1, 0.15) is 17.0 Å². The van der Waals surface area contributed by atoms with Gasteiger partial charge in [0, 0.05) is 30.3 Å². The van der Waals surface area contributed by atoms with Gasteiger partial charge in [-0.2, -0.15) is 13.2 Å². The number of nitrogens with zero attached hydrogens (tertiary/aromatic N) is 2. The summed E-state index contributed by atoms with van der Waals surface area (Å²) in [7, 11) is 0. The van der Waals surface area contributed by atoms with Crippen LogP contribution < -0.4 is 5.56 Å². The number of alkyl halides is 3. The zero-order valence-corrected chi connectivity index (χ0v) is 15.4. The molecule has 0 saturated heterocycles. The van der Waals surface area contributed by atoms with E-state index in [1.807, 2.05) is 0 Å². The third-order valence-corrected chi connectivity index (χ3v) is 4.50. The van der Waals surface area contributed by atoms with Gasteiger partial charge in [0.2, 0.25) is 0 Å². The van der Waals surface area contributed by atoms with Gasteiger partial charge in [-0.1, -0.05) is 6.07 Å². The number of benzene rings is 2. The van der Waals surface area contributed by atoms with Gasteiger partial charge in [0.05, 0.1) is 22.2 Å². The van der Waals surface area contributed by atoms with Crippen LogP contribution in [0.3, 0.4) is 0 Å². The smallest absolute Gasteiger partial charge is 0.310 e. The molecule has 4 nitrogen and oxygen atoms in total. The molecule has 0 saturated carbocycles. The fraction of sp³-hybridized carbons (Fsp3) is 0.0952. The Kier molecular flexibility index (Phi) is 5.00. The van der Waals surface area contributed by atoms with Crippen molar-refractivity contribution in [3.8, 4) is 11.3 Å². The number of rotatable bonds is 3. The van der Waals surface area contributed by atoms with E-state index < -0.39 is 34.8 Å². The Morgan fingerprint density at radius 3 is 2.26 bits per heavy atom. The Hall–Kier alpha value is -3.69. The molecular weight excluding hydrogens is 424 g/mol. The maximum Gasteiger partial charge on any atom is 0.419 e. The molecular formula is C21H11F6N3O. The SMILES string of the molecule is O=c1[nH]c(Cc2ccc(-c3cc(F)cc(F)c3)nc2)nc2cc(F)c(C(F)(F)F)cc12. The Balaban J connectivity index is 1.65. The number of halogens is 6. The summed E-state index contributed by atoms with van der Waals surface area (Å²) in [5.41, 5.74) is -1.51. The molecule has 4 rings (SSSR count). The third kappa shape index (κ3) is 4.27. The van der Waals surface area contributed by atoms with Crippen LogP contribution in [0.4, 0.5) is 26.3 Å². The second-order valence-electron chi connectivity index (χ2n) is 6.75.